The molecule has 1 heterocycles. The highest BCUT2D eigenvalue weighted by Crippen LogP contribution is 2.29. The predicted molar refractivity (Wildman–Crippen MR) is 80.0 cm³/mol. The second-order valence-corrected chi connectivity index (χ2v) is 6.28. The second-order valence-electron chi connectivity index (χ2n) is 5.32. The van der Waals surface area contributed by atoms with E-state index in [0.717, 1.165) is 20.9 Å². The Kier molecular flexibility index (Phi) is 2.73. The molecular formula is C15H15NO2S. The molecule has 98 valence electrons. The highest BCUT2D eigenvalue weighted by molar-refractivity contribution is 7.15. The van der Waals surface area contributed by atoms with E-state index in [9.17, 15) is 9.90 Å². The highest BCUT2D eigenvalue weighted by atomic mass is 32.1. The van der Waals surface area contributed by atoms with Crippen molar-refractivity contribution in [3.63, 3.8) is 0 Å². The van der Waals surface area contributed by atoms with Crippen LogP contribution < -0.4 is 5.56 Å². The van der Waals surface area contributed by atoms with Crippen molar-refractivity contribution < 1.29 is 5.11 Å². The zero-order chi connectivity index (χ0) is 13.6. The third-order valence-electron chi connectivity index (χ3n) is 3.41. The van der Waals surface area contributed by atoms with Crippen molar-refractivity contribution in [1.82, 2.24) is 3.96 Å². The van der Waals surface area contributed by atoms with E-state index in [1.807, 2.05) is 50.2 Å². The summed E-state index contributed by atoms with van der Waals surface area (Å²) in [7, 11) is 0. The molecule has 0 spiro atoms. The van der Waals surface area contributed by atoms with Gasteiger partial charge in [0.1, 0.15) is 0 Å². The van der Waals surface area contributed by atoms with Gasteiger partial charge >= 0.3 is 0 Å². The Labute approximate surface area is 114 Å². The number of hydrogen-bond donors (Lipinski definition) is 1. The standard InChI is InChI=1S/C15H15NO2S/c1-15(2,9-17)16-14(18)12-8-7-10-5-3-4-6-11(10)13(12)19-16/h3-8,17H,9H2,1-2H3. The average molecular weight is 273 g/mol. The van der Waals surface area contributed by atoms with E-state index in [2.05, 4.69) is 0 Å². The third kappa shape index (κ3) is 1.79. The first-order valence-electron chi connectivity index (χ1n) is 6.20. The van der Waals surface area contributed by atoms with Gasteiger partial charge in [-0.3, -0.25) is 8.75 Å². The Morgan fingerprint density at radius 2 is 1.89 bits per heavy atom. The van der Waals surface area contributed by atoms with E-state index in [1.165, 1.54) is 11.5 Å². The van der Waals surface area contributed by atoms with Crippen molar-refractivity contribution in [3.8, 4) is 0 Å². The quantitative estimate of drug-likeness (QED) is 0.780. The zero-order valence-corrected chi connectivity index (χ0v) is 11.7. The Balaban J connectivity index is 2.44. The van der Waals surface area contributed by atoms with Gasteiger partial charge in [0, 0.05) is 5.39 Å². The number of fused-ring (bicyclic) bond motifs is 3. The summed E-state index contributed by atoms with van der Waals surface area (Å²) in [5.74, 6) is 0. The monoisotopic (exact) mass is 273 g/mol. The van der Waals surface area contributed by atoms with Crippen LogP contribution in [0.2, 0.25) is 0 Å². The topological polar surface area (TPSA) is 42.2 Å². The second kappa shape index (κ2) is 4.18. The van der Waals surface area contributed by atoms with E-state index >= 15 is 0 Å². The Hall–Kier alpha value is -1.65. The third-order valence-corrected chi connectivity index (χ3v) is 4.88. The zero-order valence-electron chi connectivity index (χ0n) is 10.9. The molecule has 3 nitrogen and oxygen atoms in total. The van der Waals surface area contributed by atoms with Crippen molar-refractivity contribution in [2.24, 2.45) is 0 Å². The maximum atomic E-state index is 12.4. The van der Waals surface area contributed by atoms with Gasteiger partial charge in [-0.15, -0.1) is 0 Å². The van der Waals surface area contributed by atoms with Crippen molar-refractivity contribution in [1.29, 1.82) is 0 Å². The lowest BCUT2D eigenvalue weighted by atomic mass is 10.1. The molecule has 1 aromatic heterocycles. The molecule has 1 N–H and O–H groups in total. The van der Waals surface area contributed by atoms with Crippen LogP contribution in [0.4, 0.5) is 0 Å². The summed E-state index contributed by atoms with van der Waals surface area (Å²) in [4.78, 5) is 12.4. The summed E-state index contributed by atoms with van der Waals surface area (Å²) in [6.45, 7) is 3.68. The summed E-state index contributed by atoms with van der Waals surface area (Å²) in [5.41, 5.74) is -0.591. The number of aromatic nitrogens is 1. The molecule has 0 aliphatic carbocycles. The minimum absolute atomic E-state index is 0.0233. The van der Waals surface area contributed by atoms with Crippen molar-refractivity contribution >= 4 is 32.4 Å². The molecule has 0 amide bonds. The van der Waals surface area contributed by atoms with Gasteiger partial charge in [0.25, 0.3) is 5.56 Å². The molecule has 0 radical (unpaired) electrons. The Bertz CT molecular complexity index is 814. The molecule has 0 unspecified atom stereocenters. The van der Waals surface area contributed by atoms with Crippen LogP contribution >= 0.6 is 11.5 Å². The summed E-state index contributed by atoms with van der Waals surface area (Å²) in [6.07, 6.45) is 0. The molecule has 0 fully saturated rings. The van der Waals surface area contributed by atoms with Gasteiger partial charge in [0.15, 0.2) is 0 Å². The molecule has 0 saturated carbocycles. The van der Waals surface area contributed by atoms with Crippen LogP contribution in [-0.2, 0) is 5.54 Å². The maximum absolute atomic E-state index is 12.4. The largest absolute Gasteiger partial charge is 0.394 e. The fraction of sp³-hybridized carbons (Fsp3) is 0.267. The van der Waals surface area contributed by atoms with Crippen LogP contribution in [0, 0.1) is 0 Å². The lowest BCUT2D eigenvalue weighted by Crippen LogP contribution is -2.35. The number of aliphatic hydroxyl groups excluding tert-OH is 1. The lowest BCUT2D eigenvalue weighted by molar-refractivity contribution is 0.171. The van der Waals surface area contributed by atoms with Gasteiger partial charge < -0.3 is 5.11 Å². The molecule has 2 aromatic carbocycles. The number of aliphatic hydroxyl groups is 1. The summed E-state index contributed by atoms with van der Waals surface area (Å²) < 4.78 is 2.66. The number of nitrogens with zero attached hydrogens (tertiary/aromatic N) is 1. The average Bonchev–Trinajstić information content (AvgIpc) is 2.77. The molecule has 0 bridgehead atoms. The molecule has 19 heavy (non-hydrogen) atoms. The lowest BCUT2D eigenvalue weighted by Gasteiger charge is -2.21. The van der Waals surface area contributed by atoms with Crippen molar-refractivity contribution in [2.45, 2.75) is 19.4 Å². The van der Waals surface area contributed by atoms with E-state index < -0.39 is 5.54 Å². The molecule has 0 aliphatic rings. The molecule has 0 atom stereocenters. The van der Waals surface area contributed by atoms with Gasteiger partial charge in [-0.25, -0.2) is 0 Å². The van der Waals surface area contributed by atoms with E-state index in [-0.39, 0.29) is 12.2 Å². The molecule has 4 heteroatoms. The first kappa shape index (κ1) is 12.4. The van der Waals surface area contributed by atoms with Gasteiger partial charge in [0.2, 0.25) is 0 Å². The first-order chi connectivity index (χ1) is 9.04. The number of hydrogen-bond acceptors (Lipinski definition) is 3. The van der Waals surface area contributed by atoms with Crippen LogP contribution in [0.15, 0.2) is 41.2 Å². The van der Waals surface area contributed by atoms with Crippen LogP contribution in [0.3, 0.4) is 0 Å². The van der Waals surface area contributed by atoms with Crippen molar-refractivity contribution in [3.05, 3.63) is 46.8 Å². The van der Waals surface area contributed by atoms with Gasteiger partial charge in [-0.2, -0.15) is 0 Å². The van der Waals surface area contributed by atoms with Crippen LogP contribution in [0.1, 0.15) is 13.8 Å². The SMILES string of the molecule is CC(C)(CO)n1sc2c(ccc3ccccc32)c1=O. The molecule has 0 aliphatic heterocycles. The van der Waals surface area contributed by atoms with Gasteiger partial charge in [-0.05, 0) is 25.3 Å². The minimum Gasteiger partial charge on any atom is -0.394 e. The molecule has 3 aromatic rings. The first-order valence-corrected chi connectivity index (χ1v) is 6.97. The fourth-order valence-corrected chi connectivity index (χ4v) is 3.42. The molecule has 0 saturated heterocycles. The number of benzene rings is 2. The summed E-state index contributed by atoms with van der Waals surface area (Å²) in [5, 5.41) is 12.4. The van der Waals surface area contributed by atoms with Crippen LogP contribution in [-0.4, -0.2) is 15.7 Å². The van der Waals surface area contributed by atoms with Crippen LogP contribution in [0.25, 0.3) is 20.9 Å². The normalized spacial score (nSPS) is 12.4. The summed E-state index contributed by atoms with van der Waals surface area (Å²) >= 11 is 1.43. The summed E-state index contributed by atoms with van der Waals surface area (Å²) in [6, 6.07) is 11.9. The number of rotatable bonds is 2. The fourth-order valence-electron chi connectivity index (χ4n) is 2.21. The van der Waals surface area contributed by atoms with Crippen molar-refractivity contribution in [2.75, 3.05) is 6.61 Å². The highest BCUT2D eigenvalue weighted by Gasteiger charge is 2.24. The predicted octanol–water partition coefficient (Wildman–Crippen LogP) is 2.94. The maximum Gasteiger partial charge on any atom is 0.269 e. The van der Waals surface area contributed by atoms with Gasteiger partial charge in [0.05, 0.1) is 22.2 Å². The van der Waals surface area contributed by atoms with E-state index in [0.29, 0.717) is 0 Å². The van der Waals surface area contributed by atoms with E-state index in [1.54, 1.807) is 3.96 Å². The molecular weight excluding hydrogens is 258 g/mol. The Morgan fingerprint density at radius 1 is 1.16 bits per heavy atom. The van der Waals surface area contributed by atoms with E-state index in [4.69, 9.17) is 0 Å². The molecule has 3 rings (SSSR count). The Morgan fingerprint density at radius 3 is 2.63 bits per heavy atom. The van der Waals surface area contributed by atoms with Gasteiger partial charge in [-0.1, -0.05) is 41.9 Å². The smallest absolute Gasteiger partial charge is 0.269 e. The minimum atomic E-state index is -0.568. The van der Waals surface area contributed by atoms with Crippen LogP contribution in [0.5, 0.6) is 0 Å².